The molecule has 1 fully saturated rings. The van der Waals surface area contributed by atoms with E-state index in [-0.39, 0.29) is 21.1 Å². The van der Waals surface area contributed by atoms with Gasteiger partial charge < -0.3 is 5.32 Å². The zero-order chi connectivity index (χ0) is 14.9. The summed E-state index contributed by atoms with van der Waals surface area (Å²) in [4.78, 5) is 10.2. The first-order valence-electron chi connectivity index (χ1n) is 5.96. The minimum atomic E-state index is -3.65. The molecule has 9 heteroatoms. The van der Waals surface area contributed by atoms with Crippen molar-refractivity contribution in [2.24, 2.45) is 0 Å². The highest BCUT2D eigenvalue weighted by atomic mass is 79.9. The number of hydrogen-bond acceptors (Lipinski definition) is 5. The third-order valence-electron chi connectivity index (χ3n) is 3.34. The first-order valence-corrected chi connectivity index (χ1v) is 8.20. The van der Waals surface area contributed by atoms with Gasteiger partial charge in [0.05, 0.1) is 14.3 Å². The van der Waals surface area contributed by atoms with Crippen molar-refractivity contribution in [3.8, 4) is 0 Å². The Balaban J connectivity index is 2.34. The molecule has 1 unspecified atom stereocenters. The van der Waals surface area contributed by atoms with Crippen LogP contribution >= 0.6 is 15.9 Å². The fraction of sp³-hybridized carbons (Fsp3) is 0.455. The summed E-state index contributed by atoms with van der Waals surface area (Å²) in [7, 11) is -2.12. The van der Waals surface area contributed by atoms with E-state index in [0.717, 1.165) is 13.0 Å². The van der Waals surface area contributed by atoms with Crippen LogP contribution in [0.5, 0.6) is 0 Å². The molecular formula is C11H14BrN3O4S. The molecule has 110 valence electrons. The van der Waals surface area contributed by atoms with Gasteiger partial charge in [0.2, 0.25) is 10.0 Å². The summed E-state index contributed by atoms with van der Waals surface area (Å²) in [5.41, 5.74) is -0.158. The lowest BCUT2D eigenvalue weighted by molar-refractivity contribution is -0.385. The Kier molecular flexibility index (Phi) is 4.43. The van der Waals surface area contributed by atoms with Crippen molar-refractivity contribution in [3.05, 3.63) is 32.8 Å². The predicted octanol–water partition coefficient (Wildman–Crippen LogP) is 1.34. The van der Waals surface area contributed by atoms with Crippen LogP contribution in [-0.2, 0) is 10.0 Å². The minimum absolute atomic E-state index is 0.0457. The standard InChI is InChI=1S/C11H14BrN3O4S/c1-14(8-4-5-13-7-8)20(18,19)9-2-3-11(15(16)17)10(12)6-9/h2-3,6,8,13H,4-5,7H2,1H3. The number of nitrogens with one attached hydrogen (secondary N) is 1. The average molecular weight is 364 g/mol. The topological polar surface area (TPSA) is 92.6 Å². The maximum atomic E-state index is 12.5. The van der Waals surface area contributed by atoms with Gasteiger partial charge in [-0.05, 0) is 41.0 Å². The highest BCUT2D eigenvalue weighted by Crippen LogP contribution is 2.29. The van der Waals surface area contributed by atoms with E-state index in [2.05, 4.69) is 21.2 Å². The van der Waals surface area contributed by atoms with Gasteiger partial charge in [-0.1, -0.05) is 0 Å². The largest absolute Gasteiger partial charge is 0.315 e. The molecular weight excluding hydrogens is 350 g/mol. The normalized spacial score (nSPS) is 19.4. The maximum Gasteiger partial charge on any atom is 0.283 e. The van der Waals surface area contributed by atoms with Crippen LogP contribution < -0.4 is 5.32 Å². The van der Waals surface area contributed by atoms with E-state index >= 15 is 0 Å². The van der Waals surface area contributed by atoms with Gasteiger partial charge in [-0.3, -0.25) is 10.1 Å². The lowest BCUT2D eigenvalue weighted by Gasteiger charge is -2.23. The van der Waals surface area contributed by atoms with Gasteiger partial charge in [0.25, 0.3) is 5.69 Å². The molecule has 0 radical (unpaired) electrons. The molecule has 7 nitrogen and oxygen atoms in total. The quantitative estimate of drug-likeness (QED) is 0.643. The third kappa shape index (κ3) is 2.85. The molecule has 1 aliphatic heterocycles. The highest BCUT2D eigenvalue weighted by molar-refractivity contribution is 9.10. The second kappa shape index (κ2) is 5.76. The van der Waals surface area contributed by atoms with Crippen LogP contribution in [0.1, 0.15) is 6.42 Å². The van der Waals surface area contributed by atoms with Crippen LogP contribution in [0.2, 0.25) is 0 Å². The molecule has 0 saturated carbocycles. The SMILES string of the molecule is CN(C1CCNC1)S(=O)(=O)c1ccc([N+](=O)[O-])c(Br)c1. The zero-order valence-electron chi connectivity index (χ0n) is 10.7. The maximum absolute atomic E-state index is 12.5. The van der Waals surface area contributed by atoms with Crippen LogP contribution in [0.3, 0.4) is 0 Å². The number of nitro groups is 1. The third-order valence-corrected chi connectivity index (χ3v) is 5.88. The lowest BCUT2D eigenvalue weighted by Crippen LogP contribution is -2.38. The molecule has 1 heterocycles. The minimum Gasteiger partial charge on any atom is -0.315 e. The van der Waals surface area contributed by atoms with Gasteiger partial charge in [0.1, 0.15) is 0 Å². The van der Waals surface area contributed by atoms with E-state index < -0.39 is 14.9 Å². The number of nitro benzene ring substituents is 1. The molecule has 1 atom stereocenters. The zero-order valence-corrected chi connectivity index (χ0v) is 13.1. The van der Waals surface area contributed by atoms with Crippen molar-refractivity contribution in [2.75, 3.05) is 20.1 Å². The second-order valence-corrected chi connectivity index (χ2v) is 7.39. The smallest absolute Gasteiger partial charge is 0.283 e. The summed E-state index contributed by atoms with van der Waals surface area (Å²) in [5.74, 6) is 0. The fourth-order valence-electron chi connectivity index (χ4n) is 2.11. The second-order valence-electron chi connectivity index (χ2n) is 4.54. The molecule has 0 aromatic heterocycles. The number of sulfonamides is 1. The Hall–Kier alpha value is -1.03. The molecule has 0 aliphatic carbocycles. The van der Waals surface area contributed by atoms with Crippen LogP contribution in [0.15, 0.2) is 27.6 Å². The van der Waals surface area contributed by atoms with E-state index in [1.54, 1.807) is 0 Å². The van der Waals surface area contributed by atoms with Crippen LogP contribution in [0.4, 0.5) is 5.69 Å². The molecule has 1 aromatic carbocycles. The molecule has 0 spiro atoms. The molecule has 1 saturated heterocycles. The number of nitrogens with zero attached hydrogens (tertiary/aromatic N) is 2. The summed E-state index contributed by atoms with van der Waals surface area (Å²) in [6, 6.07) is 3.63. The van der Waals surface area contributed by atoms with E-state index in [9.17, 15) is 18.5 Å². The van der Waals surface area contributed by atoms with Crippen molar-refractivity contribution in [1.82, 2.24) is 9.62 Å². The van der Waals surface area contributed by atoms with Gasteiger partial charge in [0.15, 0.2) is 0 Å². The Bertz CT molecular complexity index is 629. The first-order chi connectivity index (χ1) is 9.34. The van der Waals surface area contributed by atoms with Crippen molar-refractivity contribution < 1.29 is 13.3 Å². The molecule has 1 aliphatic rings. The van der Waals surface area contributed by atoms with Gasteiger partial charge in [-0.25, -0.2) is 8.42 Å². The molecule has 20 heavy (non-hydrogen) atoms. The van der Waals surface area contributed by atoms with Crippen molar-refractivity contribution in [3.63, 3.8) is 0 Å². The predicted molar refractivity (Wildman–Crippen MR) is 77.0 cm³/mol. The van der Waals surface area contributed by atoms with Gasteiger partial charge in [-0.2, -0.15) is 4.31 Å². The highest BCUT2D eigenvalue weighted by Gasteiger charge is 2.30. The van der Waals surface area contributed by atoms with Gasteiger partial charge in [-0.15, -0.1) is 0 Å². The van der Waals surface area contributed by atoms with E-state index in [0.29, 0.717) is 6.54 Å². The Morgan fingerprint density at radius 3 is 2.70 bits per heavy atom. The first kappa shape index (κ1) is 15.4. The van der Waals surface area contributed by atoms with Gasteiger partial charge in [0, 0.05) is 25.7 Å². The summed E-state index contributed by atoms with van der Waals surface area (Å²) in [5, 5.41) is 13.8. The Labute approximate surface area is 125 Å². The summed E-state index contributed by atoms with van der Waals surface area (Å²) < 4.78 is 26.4. The lowest BCUT2D eigenvalue weighted by atomic mass is 10.3. The monoisotopic (exact) mass is 363 g/mol. The van der Waals surface area contributed by atoms with Crippen LogP contribution in [0, 0.1) is 10.1 Å². The molecule has 2 rings (SSSR count). The van der Waals surface area contributed by atoms with Gasteiger partial charge >= 0.3 is 0 Å². The van der Waals surface area contributed by atoms with E-state index in [1.165, 1.54) is 29.6 Å². The molecule has 0 amide bonds. The number of hydrogen-bond donors (Lipinski definition) is 1. The van der Waals surface area contributed by atoms with Crippen molar-refractivity contribution in [2.45, 2.75) is 17.4 Å². The van der Waals surface area contributed by atoms with E-state index in [1.807, 2.05) is 0 Å². The summed E-state index contributed by atoms with van der Waals surface area (Å²) >= 11 is 3.04. The number of rotatable bonds is 4. The number of likely N-dealkylation sites (N-methyl/N-ethyl adjacent to an activating group) is 1. The summed E-state index contributed by atoms with van der Waals surface area (Å²) in [6.45, 7) is 1.40. The van der Waals surface area contributed by atoms with E-state index in [4.69, 9.17) is 0 Å². The van der Waals surface area contributed by atoms with Crippen LogP contribution in [0.25, 0.3) is 0 Å². The molecule has 1 N–H and O–H groups in total. The summed E-state index contributed by atoms with van der Waals surface area (Å²) in [6.07, 6.45) is 0.754. The molecule has 1 aromatic rings. The van der Waals surface area contributed by atoms with Crippen molar-refractivity contribution >= 4 is 31.6 Å². The number of halogens is 1. The average Bonchev–Trinajstić information content (AvgIpc) is 2.90. The fourth-order valence-corrected chi connectivity index (χ4v) is 4.20. The number of benzene rings is 1. The van der Waals surface area contributed by atoms with Crippen molar-refractivity contribution in [1.29, 1.82) is 0 Å². The molecule has 0 bridgehead atoms. The Morgan fingerprint density at radius 2 is 2.20 bits per heavy atom. The van der Waals surface area contributed by atoms with Crippen LogP contribution in [-0.4, -0.2) is 43.8 Å². The Morgan fingerprint density at radius 1 is 1.50 bits per heavy atom.